The molecule has 0 aliphatic heterocycles. The second-order valence-corrected chi connectivity index (χ2v) is 8.18. The highest BCUT2D eigenvalue weighted by Gasteiger charge is 2.25. The topological polar surface area (TPSA) is 69.9 Å². The third-order valence-corrected chi connectivity index (χ3v) is 5.03. The van der Waals surface area contributed by atoms with Crippen molar-refractivity contribution in [2.24, 2.45) is 0 Å². The van der Waals surface area contributed by atoms with Crippen LogP contribution in [0.3, 0.4) is 0 Å². The van der Waals surface area contributed by atoms with Gasteiger partial charge in [0.25, 0.3) is 5.56 Å². The number of benzene rings is 1. The third kappa shape index (κ3) is 5.29. The standard InChI is InChI=1S/C18H16F2IN4O2P/c1-11-3-2-4-12(16(11)28)9-25-15(26)6-5-14(24-25)13-7-22-17(23-8-13)27-10-18(19,20)21/h2-8H,9-10,28H2,1H3. The number of ether oxygens (including phenoxy) is 1. The van der Waals surface area contributed by atoms with Crippen LogP contribution in [0.15, 0.2) is 47.5 Å². The predicted octanol–water partition coefficient (Wildman–Crippen LogP) is 2.96. The quantitative estimate of drug-likeness (QED) is 0.287. The first-order valence-corrected chi connectivity index (χ1v) is 9.82. The molecule has 0 saturated heterocycles. The average Bonchev–Trinajstić information content (AvgIpc) is 2.65. The molecule has 2 aromatic heterocycles. The van der Waals surface area contributed by atoms with Gasteiger partial charge in [0.1, 0.15) is 0 Å². The van der Waals surface area contributed by atoms with Crippen molar-refractivity contribution >= 4 is 37.1 Å². The Bertz CT molecular complexity index is 1040. The van der Waals surface area contributed by atoms with Gasteiger partial charge in [0, 0.05) is 46.6 Å². The van der Waals surface area contributed by atoms with Gasteiger partial charge in [0.2, 0.25) is 0 Å². The van der Waals surface area contributed by atoms with Crippen molar-refractivity contribution in [3.63, 3.8) is 0 Å². The average molecular weight is 516 g/mol. The summed E-state index contributed by atoms with van der Waals surface area (Å²) < 4.78 is 28.9. The van der Waals surface area contributed by atoms with E-state index in [0.717, 1.165) is 39.0 Å². The first-order valence-electron chi connectivity index (χ1n) is 8.17. The van der Waals surface area contributed by atoms with Crippen LogP contribution in [0.1, 0.15) is 11.1 Å². The summed E-state index contributed by atoms with van der Waals surface area (Å²) in [7, 11) is 2.68. The van der Waals surface area contributed by atoms with Crippen molar-refractivity contribution in [2.45, 2.75) is 17.4 Å². The Labute approximate surface area is 175 Å². The largest absolute Gasteiger partial charge is 0.456 e. The van der Waals surface area contributed by atoms with Crippen LogP contribution in [0.5, 0.6) is 6.01 Å². The summed E-state index contributed by atoms with van der Waals surface area (Å²) in [5.74, 6) is 0. The molecule has 2 heterocycles. The van der Waals surface area contributed by atoms with E-state index in [-0.39, 0.29) is 11.6 Å². The van der Waals surface area contributed by atoms with E-state index in [4.69, 9.17) is 4.74 Å². The molecule has 6 nitrogen and oxygen atoms in total. The van der Waals surface area contributed by atoms with Gasteiger partial charge in [0.05, 0.1) is 12.2 Å². The van der Waals surface area contributed by atoms with Crippen LogP contribution < -0.4 is 15.6 Å². The number of halogens is 3. The normalized spacial score (nSPS) is 11.5. The van der Waals surface area contributed by atoms with Gasteiger partial charge in [-0.2, -0.15) is 13.9 Å². The van der Waals surface area contributed by atoms with Gasteiger partial charge in [-0.15, -0.1) is 9.24 Å². The SMILES string of the molecule is Cc1cccc(Cn2nc(-c3cnc(OCC(F)(F)I)nc3)ccc2=O)c1P. The molecule has 1 atom stereocenters. The fraction of sp³-hybridized carbons (Fsp3) is 0.222. The molecule has 1 aromatic carbocycles. The van der Waals surface area contributed by atoms with Crippen molar-refractivity contribution in [2.75, 3.05) is 6.61 Å². The Morgan fingerprint density at radius 2 is 1.93 bits per heavy atom. The highest BCUT2D eigenvalue weighted by molar-refractivity contribution is 14.1. The van der Waals surface area contributed by atoms with Crippen molar-refractivity contribution in [1.29, 1.82) is 0 Å². The van der Waals surface area contributed by atoms with Crippen LogP contribution in [-0.4, -0.2) is 30.3 Å². The molecule has 0 aliphatic rings. The van der Waals surface area contributed by atoms with Crippen LogP contribution in [0.2, 0.25) is 0 Å². The Kier molecular flexibility index (Phi) is 6.34. The van der Waals surface area contributed by atoms with E-state index in [9.17, 15) is 13.6 Å². The number of hydrogen-bond donors (Lipinski definition) is 0. The zero-order chi connectivity index (χ0) is 20.3. The lowest BCUT2D eigenvalue weighted by atomic mass is 10.1. The van der Waals surface area contributed by atoms with Crippen LogP contribution >= 0.6 is 31.8 Å². The lowest BCUT2D eigenvalue weighted by Gasteiger charge is -2.11. The molecule has 0 amide bonds. The molecule has 0 radical (unpaired) electrons. The first kappa shape index (κ1) is 20.7. The van der Waals surface area contributed by atoms with Crippen molar-refractivity contribution < 1.29 is 13.5 Å². The Hall–Kier alpha value is -2.00. The minimum absolute atomic E-state index is 0.152. The van der Waals surface area contributed by atoms with E-state index in [1.165, 1.54) is 23.1 Å². The van der Waals surface area contributed by atoms with Gasteiger partial charge in [-0.05, 0) is 29.4 Å². The smallest absolute Gasteiger partial charge is 0.329 e. The summed E-state index contributed by atoms with van der Waals surface area (Å²) >= 11 is 0.981. The van der Waals surface area contributed by atoms with E-state index in [2.05, 4.69) is 24.3 Å². The maximum absolute atomic E-state index is 12.8. The summed E-state index contributed by atoms with van der Waals surface area (Å²) in [5.41, 5.74) is 2.87. The van der Waals surface area contributed by atoms with Gasteiger partial charge in [-0.25, -0.2) is 14.6 Å². The van der Waals surface area contributed by atoms with Gasteiger partial charge in [-0.1, -0.05) is 18.2 Å². The summed E-state index contributed by atoms with van der Waals surface area (Å²) in [6, 6.07) is 8.69. The maximum Gasteiger partial charge on any atom is 0.329 e. The fourth-order valence-electron chi connectivity index (χ4n) is 2.43. The third-order valence-electron chi connectivity index (χ3n) is 3.89. The number of aryl methyl sites for hydroxylation is 1. The minimum atomic E-state index is -3.00. The Balaban J connectivity index is 1.83. The molecule has 28 heavy (non-hydrogen) atoms. The van der Waals surface area contributed by atoms with E-state index in [1.807, 2.05) is 25.1 Å². The van der Waals surface area contributed by atoms with E-state index in [0.29, 0.717) is 17.8 Å². The van der Waals surface area contributed by atoms with Crippen LogP contribution in [0, 0.1) is 6.92 Å². The molecular weight excluding hydrogens is 500 g/mol. The Morgan fingerprint density at radius 3 is 2.61 bits per heavy atom. The maximum atomic E-state index is 12.8. The van der Waals surface area contributed by atoms with E-state index < -0.39 is 10.5 Å². The molecule has 0 bridgehead atoms. The highest BCUT2D eigenvalue weighted by Crippen LogP contribution is 2.23. The number of rotatable bonds is 6. The summed E-state index contributed by atoms with van der Waals surface area (Å²) in [6.07, 6.45) is 2.83. The molecule has 0 N–H and O–H groups in total. The van der Waals surface area contributed by atoms with Gasteiger partial charge in [-0.3, -0.25) is 4.79 Å². The Morgan fingerprint density at radius 1 is 1.21 bits per heavy atom. The minimum Gasteiger partial charge on any atom is -0.456 e. The number of hydrogen-bond acceptors (Lipinski definition) is 5. The molecule has 0 saturated carbocycles. The highest BCUT2D eigenvalue weighted by atomic mass is 127. The van der Waals surface area contributed by atoms with Crippen molar-refractivity contribution in [3.8, 4) is 17.3 Å². The van der Waals surface area contributed by atoms with E-state index in [1.54, 1.807) is 6.07 Å². The molecule has 3 aromatic rings. The van der Waals surface area contributed by atoms with Crippen LogP contribution in [0.25, 0.3) is 11.3 Å². The number of alkyl halides is 3. The van der Waals surface area contributed by atoms with Gasteiger partial charge in [0.15, 0.2) is 6.61 Å². The number of nitrogens with zero attached hydrogens (tertiary/aromatic N) is 4. The zero-order valence-corrected chi connectivity index (χ0v) is 18.1. The second kappa shape index (κ2) is 8.57. The van der Waals surface area contributed by atoms with E-state index >= 15 is 0 Å². The molecule has 10 heteroatoms. The van der Waals surface area contributed by atoms with Crippen LogP contribution in [-0.2, 0) is 6.54 Å². The van der Waals surface area contributed by atoms with Crippen molar-refractivity contribution in [3.05, 3.63) is 64.2 Å². The molecule has 0 aliphatic carbocycles. The summed E-state index contributed by atoms with van der Waals surface area (Å²) in [5, 5.41) is 5.40. The first-order chi connectivity index (χ1) is 13.2. The fourth-order valence-corrected chi connectivity index (χ4v) is 2.87. The number of aromatic nitrogens is 4. The van der Waals surface area contributed by atoms with Crippen LogP contribution in [0.4, 0.5) is 8.78 Å². The molecule has 3 rings (SSSR count). The predicted molar refractivity (Wildman–Crippen MR) is 114 cm³/mol. The lowest BCUT2D eigenvalue weighted by Crippen LogP contribution is -2.25. The molecule has 0 spiro atoms. The second-order valence-electron chi connectivity index (χ2n) is 6.02. The molecular formula is C18H16F2IN4O2P. The monoisotopic (exact) mass is 516 g/mol. The molecule has 1 unspecified atom stereocenters. The summed E-state index contributed by atoms with van der Waals surface area (Å²) in [4.78, 5) is 20.0. The van der Waals surface area contributed by atoms with Gasteiger partial charge < -0.3 is 4.74 Å². The van der Waals surface area contributed by atoms with Crippen molar-refractivity contribution in [1.82, 2.24) is 19.7 Å². The zero-order valence-electron chi connectivity index (χ0n) is 14.8. The summed E-state index contributed by atoms with van der Waals surface area (Å²) in [6.45, 7) is 1.50. The molecule has 146 valence electrons. The lowest BCUT2D eigenvalue weighted by molar-refractivity contribution is 0.0603. The van der Waals surface area contributed by atoms with Gasteiger partial charge >= 0.3 is 9.94 Å². The molecule has 0 fully saturated rings.